The predicted molar refractivity (Wildman–Crippen MR) is 83.3 cm³/mol. The third kappa shape index (κ3) is 2.07. The van der Waals surface area contributed by atoms with Gasteiger partial charge in [0.2, 0.25) is 0 Å². The average Bonchev–Trinajstić information content (AvgIpc) is 3.12. The first-order valence-corrected chi connectivity index (χ1v) is 7.38. The number of aromatic nitrogens is 4. The van der Waals surface area contributed by atoms with E-state index in [1.165, 1.54) is 11.9 Å². The molecule has 1 aromatic carbocycles. The topological polar surface area (TPSA) is 64.3 Å². The number of ether oxygens (including phenoxy) is 1. The molecule has 1 aliphatic heterocycles. The minimum Gasteiger partial charge on any atom is -0.493 e. The van der Waals surface area contributed by atoms with Gasteiger partial charge in [-0.05, 0) is 19.9 Å². The van der Waals surface area contributed by atoms with E-state index in [0.29, 0.717) is 18.3 Å². The summed E-state index contributed by atoms with van der Waals surface area (Å²) in [6.45, 7) is 4.81. The van der Waals surface area contributed by atoms with Crippen LogP contribution in [-0.2, 0) is 0 Å². The Bertz CT molecular complexity index is 828. The molecule has 2 aromatic heterocycles. The second kappa shape index (κ2) is 4.98. The van der Waals surface area contributed by atoms with Crippen LogP contribution in [0.1, 0.15) is 24.1 Å². The number of benzene rings is 1. The van der Waals surface area contributed by atoms with Gasteiger partial charge in [-0.3, -0.25) is 0 Å². The lowest BCUT2D eigenvalue weighted by atomic mass is 9.94. The van der Waals surface area contributed by atoms with Crippen LogP contribution in [0.2, 0.25) is 0 Å². The van der Waals surface area contributed by atoms with Crippen LogP contribution < -0.4 is 10.1 Å². The molecule has 0 aliphatic carbocycles. The van der Waals surface area contributed by atoms with Crippen LogP contribution in [0.5, 0.6) is 5.75 Å². The van der Waals surface area contributed by atoms with Gasteiger partial charge in [0.05, 0.1) is 6.61 Å². The van der Waals surface area contributed by atoms with E-state index in [0.717, 1.165) is 17.3 Å². The summed E-state index contributed by atoms with van der Waals surface area (Å²) in [7, 11) is 0. The molecule has 0 spiro atoms. The number of hydrogen-bond donors (Lipinski definition) is 1. The van der Waals surface area contributed by atoms with Crippen molar-refractivity contribution in [1.82, 2.24) is 19.6 Å². The lowest BCUT2D eigenvalue weighted by Gasteiger charge is -2.21. The van der Waals surface area contributed by atoms with Crippen LogP contribution in [0.25, 0.3) is 5.78 Å². The molecule has 4 rings (SSSR count). The van der Waals surface area contributed by atoms with Gasteiger partial charge in [0.25, 0.3) is 5.78 Å². The van der Waals surface area contributed by atoms with Crippen LogP contribution >= 0.6 is 0 Å². The molecule has 6 heteroatoms. The van der Waals surface area contributed by atoms with Crippen molar-refractivity contribution >= 4 is 11.6 Å². The zero-order valence-corrected chi connectivity index (χ0v) is 12.5. The molecule has 0 radical (unpaired) electrons. The van der Waals surface area contributed by atoms with E-state index in [1.807, 2.05) is 25.1 Å². The minimum absolute atomic E-state index is 0.206. The fraction of sp³-hybridized carbons (Fsp3) is 0.312. The van der Waals surface area contributed by atoms with Crippen molar-refractivity contribution in [2.45, 2.75) is 25.8 Å². The smallest absolute Gasteiger partial charge is 0.254 e. The summed E-state index contributed by atoms with van der Waals surface area (Å²) in [5.74, 6) is 2.80. The van der Waals surface area contributed by atoms with Crippen LogP contribution in [0.4, 0.5) is 5.82 Å². The molecule has 3 aromatic rings. The Hall–Kier alpha value is -2.63. The number of hydrogen-bond acceptors (Lipinski definition) is 5. The molecule has 6 nitrogen and oxygen atoms in total. The molecule has 1 aliphatic rings. The Labute approximate surface area is 128 Å². The Kier molecular flexibility index (Phi) is 2.96. The third-order valence-electron chi connectivity index (χ3n) is 4.10. The van der Waals surface area contributed by atoms with Gasteiger partial charge >= 0.3 is 0 Å². The van der Waals surface area contributed by atoms with E-state index >= 15 is 0 Å². The Morgan fingerprint density at radius 1 is 1.36 bits per heavy atom. The second-order valence-electron chi connectivity index (χ2n) is 5.64. The van der Waals surface area contributed by atoms with E-state index in [4.69, 9.17) is 4.74 Å². The van der Waals surface area contributed by atoms with E-state index in [-0.39, 0.29) is 6.04 Å². The normalized spacial score (nSPS) is 18.0. The molecule has 0 saturated carbocycles. The van der Waals surface area contributed by atoms with Gasteiger partial charge in [0.1, 0.15) is 17.9 Å². The molecule has 0 bridgehead atoms. The van der Waals surface area contributed by atoms with Gasteiger partial charge in [-0.1, -0.05) is 18.2 Å². The molecule has 2 atom stereocenters. The molecule has 0 fully saturated rings. The Morgan fingerprint density at radius 2 is 2.23 bits per heavy atom. The highest BCUT2D eigenvalue weighted by atomic mass is 16.5. The summed E-state index contributed by atoms with van der Waals surface area (Å²) in [6, 6.07) is 10.4. The maximum absolute atomic E-state index is 5.78. The van der Waals surface area contributed by atoms with Crippen molar-refractivity contribution in [3.8, 4) is 5.75 Å². The number of para-hydroxylation sites is 1. The highest BCUT2D eigenvalue weighted by molar-refractivity contribution is 5.47. The molecule has 0 amide bonds. The maximum atomic E-state index is 5.78. The molecule has 0 unspecified atom stereocenters. The minimum atomic E-state index is 0.206. The van der Waals surface area contributed by atoms with E-state index in [9.17, 15) is 0 Å². The number of fused-ring (bicyclic) bond motifs is 2. The fourth-order valence-electron chi connectivity index (χ4n) is 2.97. The largest absolute Gasteiger partial charge is 0.493 e. The lowest BCUT2D eigenvalue weighted by molar-refractivity contribution is 0.322. The third-order valence-corrected chi connectivity index (χ3v) is 4.10. The van der Waals surface area contributed by atoms with Gasteiger partial charge in [0.15, 0.2) is 0 Å². The molecule has 112 valence electrons. The number of nitrogens with zero attached hydrogens (tertiary/aromatic N) is 4. The highest BCUT2D eigenvalue weighted by Crippen LogP contribution is 2.36. The van der Waals surface area contributed by atoms with Gasteiger partial charge in [0, 0.05) is 29.3 Å². The van der Waals surface area contributed by atoms with Crippen LogP contribution in [0, 0.1) is 6.92 Å². The first kappa shape index (κ1) is 13.1. The Morgan fingerprint density at radius 3 is 3.14 bits per heavy atom. The first-order valence-electron chi connectivity index (χ1n) is 7.38. The lowest BCUT2D eigenvalue weighted by Crippen LogP contribution is -2.26. The zero-order valence-electron chi connectivity index (χ0n) is 12.5. The number of aryl methyl sites for hydroxylation is 1. The summed E-state index contributed by atoms with van der Waals surface area (Å²) in [6.07, 6.45) is 1.52. The molecular weight excluding hydrogens is 278 g/mol. The van der Waals surface area contributed by atoms with Gasteiger partial charge < -0.3 is 10.1 Å². The fourth-order valence-corrected chi connectivity index (χ4v) is 2.97. The maximum Gasteiger partial charge on any atom is 0.254 e. The van der Waals surface area contributed by atoms with Crippen LogP contribution in [0.3, 0.4) is 0 Å². The monoisotopic (exact) mass is 295 g/mol. The zero-order chi connectivity index (χ0) is 15.1. The number of nitrogens with one attached hydrogen (secondary N) is 1. The number of anilines is 1. The van der Waals surface area contributed by atoms with E-state index in [2.05, 4.69) is 39.4 Å². The van der Waals surface area contributed by atoms with Gasteiger partial charge in [-0.15, -0.1) is 0 Å². The summed E-state index contributed by atoms with van der Waals surface area (Å²) < 4.78 is 7.51. The van der Waals surface area contributed by atoms with Crippen molar-refractivity contribution in [3.05, 3.63) is 47.9 Å². The number of rotatable bonds is 3. The van der Waals surface area contributed by atoms with Gasteiger partial charge in [-0.25, -0.2) is 4.98 Å². The van der Waals surface area contributed by atoms with Crippen molar-refractivity contribution in [2.75, 3.05) is 11.9 Å². The standard InChI is InChI=1S/C16H17N5O/c1-10-7-15(21-16(19-10)17-9-18-21)20-11(2)13-8-22-14-6-4-3-5-12(13)14/h3-7,9,11,13,20H,8H2,1-2H3/t11-,13+/m1/s1. The molecule has 22 heavy (non-hydrogen) atoms. The van der Waals surface area contributed by atoms with Crippen molar-refractivity contribution in [1.29, 1.82) is 0 Å². The SMILES string of the molecule is Cc1cc(N[C@H](C)[C@@H]2COc3ccccc32)n2ncnc2n1. The van der Waals surface area contributed by atoms with Crippen molar-refractivity contribution in [3.63, 3.8) is 0 Å². The molecule has 0 saturated heterocycles. The summed E-state index contributed by atoms with van der Waals surface area (Å²) in [5.41, 5.74) is 2.17. The summed E-state index contributed by atoms with van der Waals surface area (Å²) >= 11 is 0. The predicted octanol–water partition coefficient (Wildman–Crippen LogP) is 2.41. The summed E-state index contributed by atoms with van der Waals surface area (Å²) in [5, 5.41) is 7.77. The van der Waals surface area contributed by atoms with Crippen molar-refractivity contribution in [2.24, 2.45) is 0 Å². The molecule has 1 N–H and O–H groups in total. The van der Waals surface area contributed by atoms with Gasteiger partial charge in [-0.2, -0.15) is 14.6 Å². The summed E-state index contributed by atoms with van der Waals surface area (Å²) in [4.78, 5) is 8.52. The average molecular weight is 295 g/mol. The van der Waals surface area contributed by atoms with E-state index < -0.39 is 0 Å². The highest BCUT2D eigenvalue weighted by Gasteiger charge is 2.29. The second-order valence-corrected chi connectivity index (χ2v) is 5.64. The van der Waals surface area contributed by atoms with Crippen molar-refractivity contribution < 1.29 is 4.74 Å². The first-order chi connectivity index (χ1) is 10.7. The van der Waals surface area contributed by atoms with E-state index in [1.54, 1.807) is 4.52 Å². The molecule has 3 heterocycles. The van der Waals surface area contributed by atoms with Crippen LogP contribution in [-0.4, -0.2) is 32.2 Å². The quantitative estimate of drug-likeness (QED) is 0.804. The molecular formula is C16H17N5O. The Balaban J connectivity index is 1.64. The van der Waals surface area contributed by atoms with Crippen LogP contribution in [0.15, 0.2) is 36.7 Å².